The molecule has 190 valence electrons. The van der Waals surface area contributed by atoms with Crippen molar-refractivity contribution in [2.75, 3.05) is 24.4 Å². The van der Waals surface area contributed by atoms with E-state index < -0.39 is 33.4 Å². The fourth-order valence-corrected chi connectivity index (χ4v) is 8.60. The number of para-hydroxylation sites is 1. The fraction of sp³-hybridized carbons (Fsp3) is 0.444. The number of anilines is 2. The topological polar surface area (TPSA) is 108 Å². The summed E-state index contributed by atoms with van der Waals surface area (Å²) in [4.78, 5) is 42.9. The van der Waals surface area contributed by atoms with Gasteiger partial charge in [0.15, 0.2) is 0 Å². The average Bonchev–Trinajstić information content (AvgIpc) is 3.45. The molecule has 2 unspecified atom stereocenters. The van der Waals surface area contributed by atoms with Crippen LogP contribution in [0.25, 0.3) is 0 Å². The number of carbonyl (C=O) groups excluding carboxylic acids is 3. The number of carbonyl (C=O) groups is 3. The molecule has 2 aromatic carbocycles. The van der Waals surface area contributed by atoms with Gasteiger partial charge in [0, 0.05) is 16.1 Å². The van der Waals surface area contributed by atoms with Crippen LogP contribution in [0.4, 0.5) is 11.4 Å². The molecule has 5 rings (SSSR count). The number of aliphatic hydroxyl groups excluding tert-OH is 1. The van der Waals surface area contributed by atoms with Crippen LogP contribution in [0.5, 0.6) is 5.75 Å². The lowest BCUT2D eigenvalue weighted by Crippen LogP contribution is -2.54. The molecule has 2 bridgehead atoms. The first-order valence-electron chi connectivity index (χ1n) is 12.2. The van der Waals surface area contributed by atoms with Gasteiger partial charge in [-0.2, -0.15) is 0 Å². The molecule has 3 amide bonds. The summed E-state index contributed by atoms with van der Waals surface area (Å²) in [6.45, 7) is 3.50. The summed E-state index contributed by atoms with van der Waals surface area (Å²) in [7, 11) is 1.57. The Morgan fingerprint density at radius 3 is 2.36 bits per heavy atom. The van der Waals surface area contributed by atoms with E-state index in [1.165, 1.54) is 4.90 Å². The van der Waals surface area contributed by atoms with Gasteiger partial charge in [0.25, 0.3) is 0 Å². The molecule has 2 aromatic rings. The van der Waals surface area contributed by atoms with Gasteiger partial charge in [-0.25, -0.2) is 0 Å². The second-order valence-electron chi connectivity index (χ2n) is 10.1. The van der Waals surface area contributed by atoms with Crippen LogP contribution in [0.3, 0.4) is 0 Å². The van der Waals surface area contributed by atoms with E-state index in [2.05, 4.69) is 10.6 Å². The summed E-state index contributed by atoms with van der Waals surface area (Å²) in [6.07, 6.45) is 1.37. The highest BCUT2D eigenvalue weighted by molar-refractivity contribution is 8.02. The number of ether oxygens (including phenoxy) is 1. The highest BCUT2D eigenvalue weighted by atomic mass is 32.2. The largest absolute Gasteiger partial charge is 0.497 e. The maximum absolute atomic E-state index is 14.0. The molecule has 8 nitrogen and oxygen atoms in total. The molecule has 3 saturated heterocycles. The normalized spacial score (nSPS) is 31.2. The number of thioether (sulfide) groups is 1. The van der Waals surface area contributed by atoms with Crippen molar-refractivity contribution in [3.8, 4) is 5.75 Å². The zero-order valence-electron chi connectivity index (χ0n) is 20.6. The number of methoxy groups -OCH3 is 1. The lowest BCUT2D eigenvalue weighted by molar-refractivity contribution is -0.141. The molecule has 3 aliphatic rings. The summed E-state index contributed by atoms with van der Waals surface area (Å²) >= 11 is 1.60. The zero-order chi connectivity index (χ0) is 25.7. The third-order valence-corrected chi connectivity index (χ3v) is 9.87. The monoisotopic (exact) mass is 509 g/mol. The number of nitrogens with one attached hydrogen (secondary N) is 2. The van der Waals surface area contributed by atoms with Gasteiger partial charge in [-0.05, 0) is 63.1 Å². The number of hydrogen-bond donors (Lipinski definition) is 3. The molecule has 0 aliphatic carbocycles. The number of benzene rings is 2. The summed E-state index contributed by atoms with van der Waals surface area (Å²) in [6, 6.07) is 14.8. The van der Waals surface area contributed by atoms with Gasteiger partial charge >= 0.3 is 0 Å². The van der Waals surface area contributed by atoms with E-state index >= 15 is 0 Å². The maximum atomic E-state index is 14.0. The molecular formula is C27H31N3O5S. The van der Waals surface area contributed by atoms with Gasteiger partial charge < -0.3 is 25.4 Å². The van der Waals surface area contributed by atoms with Crippen LogP contribution >= 0.6 is 11.8 Å². The summed E-state index contributed by atoms with van der Waals surface area (Å²) in [5.41, 5.74) is 1.26. The number of fused-ring (bicyclic) bond motifs is 1. The van der Waals surface area contributed by atoms with Gasteiger partial charge in [-0.15, -0.1) is 11.8 Å². The molecule has 0 saturated carbocycles. The average molecular weight is 510 g/mol. The van der Waals surface area contributed by atoms with E-state index in [-0.39, 0.29) is 24.3 Å². The van der Waals surface area contributed by atoms with Crippen molar-refractivity contribution < 1.29 is 24.2 Å². The Morgan fingerprint density at radius 1 is 1.08 bits per heavy atom. The Morgan fingerprint density at radius 2 is 1.72 bits per heavy atom. The second kappa shape index (κ2) is 9.12. The smallest absolute Gasteiger partial charge is 0.248 e. The molecule has 36 heavy (non-hydrogen) atoms. The fourth-order valence-electron chi connectivity index (χ4n) is 6.25. The molecule has 3 heterocycles. The van der Waals surface area contributed by atoms with Crippen molar-refractivity contribution in [2.45, 2.75) is 48.3 Å². The molecule has 3 fully saturated rings. The van der Waals surface area contributed by atoms with Crippen LogP contribution in [0.1, 0.15) is 26.7 Å². The Bertz CT molecular complexity index is 1180. The molecule has 1 spiro atoms. The maximum Gasteiger partial charge on any atom is 0.248 e. The summed E-state index contributed by atoms with van der Waals surface area (Å²) < 4.78 is 3.99. The zero-order valence-corrected chi connectivity index (χ0v) is 21.4. The van der Waals surface area contributed by atoms with Crippen molar-refractivity contribution in [2.24, 2.45) is 11.8 Å². The van der Waals surface area contributed by atoms with Crippen LogP contribution in [0.2, 0.25) is 0 Å². The number of nitrogens with zero attached hydrogens (tertiary/aromatic N) is 1. The quantitative estimate of drug-likeness (QED) is 0.529. The Balaban J connectivity index is 1.49. The van der Waals surface area contributed by atoms with E-state index in [1.54, 1.807) is 50.1 Å². The van der Waals surface area contributed by atoms with Crippen LogP contribution in [0, 0.1) is 11.8 Å². The lowest BCUT2D eigenvalue weighted by atomic mass is 9.66. The van der Waals surface area contributed by atoms with Crippen molar-refractivity contribution >= 4 is 40.9 Å². The molecule has 0 aromatic heterocycles. The molecule has 9 heteroatoms. The van der Waals surface area contributed by atoms with Gasteiger partial charge in [0.1, 0.15) is 11.8 Å². The van der Waals surface area contributed by atoms with Crippen molar-refractivity contribution in [1.29, 1.82) is 0 Å². The minimum Gasteiger partial charge on any atom is -0.497 e. The second-order valence-corrected chi connectivity index (χ2v) is 12.0. The first kappa shape index (κ1) is 24.6. The van der Waals surface area contributed by atoms with E-state index in [0.29, 0.717) is 23.5 Å². The molecule has 0 radical (unpaired) electrons. The number of amides is 3. The number of rotatable bonds is 7. The van der Waals surface area contributed by atoms with Crippen LogP contribution in [-0.4, -0.2) is 63.0 Å². The number of aliphatic hydroxyl groups is 1. The third kappa shape index (κ3) is 3.76. The molecule has 3 N–H and O–H groups in total. The van der Waals surface area contributed by atoms with Gasteiger partial charge in [0.2, 0.25) is 17.7 Å². The van der Waals surface area contributed by atoms with Crippen molar-refractivity contribution in [1.82, 2.24) is 4.90 Å². The predicted octanol–water partition coefficient (Wildman–Crippen LogP) is 3.13. The first-order chi connectivity index (χ1) is 17.2. The van der Waals surface area contributed by atoms with Gasteiger partial charge in [0.05, 0.1) is 36.3 Å². The SMILES string of the molecule is COc1ccc(NC(=O)C2N([C@H](C)CO)C(=O)[C@@H]3[C@H](C(=O)Nc4ccccc4)[C@]4(C)CCC23S4)cc1. The van der Waals surface area contributed by atoms with Crippen molar-refractivity contribution in [3.05, 3.63) is 54.6 Å². The lowest BCUT2D eigenvalue weighted by Gasteiger charge is -2.36. The molecular weight excluding hydrogens is 478 g/mol. The highest BCUT2D eigenvalue weighted by Gasteiger charge is 2.77. The minimum absolute atomic E-state index is 0.205. The number of hydrogen-bond acceptors (Lipinski definition) is 6. The Kier molecular flexibility index (Phi) is 6.24. The summed E-state index contributed by atoms with van der Waals surface area (Å²) in [5.74, 6) is -1.32. The number of likely N-dealkylation sites (tertiary alicyclic amines) is 1. The Labute approximate surface area is 214 Å². The first-order valence-corrected chi connectivity index (χ1v) is 13.0. The van der Waals surface area contributed by atoms with Crippen LogP contribution in [0.15, 0.2) is 54.6 Å². The van der Waals surface area contributed by atoms with E-state index in [4.69, 9.17) is 4.74 Å². The molecule has 3 aliphatic heterocycles. The van der Waals surface area contributed by atoms with E-state index in [0.717, 1.165) is 6.42 Å². The molecule has 6 atom stereocenters. The highest BCUT2D eigenvalue weighted by Crippen LogP contribution is 2.71. The summed E-state index contributed by atoms with van der Waals surface area (Å²) in [5, 5.41) is 15.9. The standard InChI is InChI=1S/C27H31N3O5S/c1-16(15-31)30-22(24(33)29-18-9-11-19(35-3)12-10-18)27-14-13-26(2,36-27)20(21(27)25(30)34)23(32)28-17-7-5-4-6-8-17/h4-12,16,20-22,31H,13-15H2,1-3H3,(H,28,32)(H,29,33)/t16-,20-,21+,22?,26+,27?/m1/s1. The third-order valence-electron chi connectivity index (χ3n) is 7.88. The van der Waals surface area contributed by atoms with Crippen molar-refractivity contribution in [3.63, 3.8) is 0 Å². The van der Waals surface area contributed by atoms with E-state index in [1.807, 2.05) is 37.3 Å². The van der Waals surface area contributed by atoms with Gasteiger partial charge in [-0.3, -0.25) is 14.4 Å². The van der Waals surface area contributed by atoms with E-state index in [9.17, 15) is 19.5 Å². The van der Waals surface area contributed by atoms with Gasteiger partial charge in [-0.1, -0.05) is 18.2 Å². The minimum atomic E-state index is -0.805. The van der Waals surface area contributed by atoms with Crippen LogP contribution in [-0.2, 0) is 14.4 Å². The Hall–Kier alpha value is -3.04. The van der Waals surface area contributed by atoms with Crippen LogP contribution < -0.4 is 15.4 Å². The predicted molar refractivity (Wildman–Crippen MR) is 139 cm³/mol.